The third kappa shape index (κ3) is 4.33. The maximum Gasteiger partial charge on any atom is 0.259 e. The van der Waals surface area contributed by atoms with Gasteiger partial charge in [0.25, 0.3) is 11.8 Å². The van der Waals surface area contributed by atoms with E-state index in [1.54, 1.807) is 30.5 Å². The summed E-state index contributed by atoms with van der Waals surface area (Å²) in [6, 6.07) is 14.6. The van der Waals surface area contributed by atoms with E-state index in [1.165, 1.54) is 7.11 Å². The predicted octanol–water partition coefficient (Wildman–Crippen LogP) is 2.37. The molecule has 0 aliphatic carbocycles. The first-order chi connectivity index (χ1) is 13.1. The molecule has 138 valence electrons. The van der Waals surface area contributed by atoms with Crippen LogP contribution in [0.25, 0.3) is 10.9 Å². The molecule has 1 heterocycles. The molecule has 0 atom stereocenters. The molecule has 27 heavy (non-hydrogen) atoms. The van der Waals surface area contributed by atoms with Gasteiger partial charge < -0.3 is 15.0 Å². The van der Waals surface area contributed by atoms with Gasteiger partial charge in [0.2, 0.25) is 0 Å². The fraction of sp³-hybridized carbons (Fsp3) is 0.150. The third-order valence-corrected chi connectivity index (χ3v) is 4.07. The normalized spacial score (nSPS) is 10.9. The zero-order chi connectivity index (χ0) is 19.2. The molecule has 0 spiro atoms. The molecular formula is C20H20N4O3. The van der Waals surface area contributed by atoms with Crippen LogP contribution in [0.15, 0.2) is 53.6 Å². The Morgan fingerprint density at radius 2 is 2.00 bits per heavy atom. The summed E-state index contributed by atoms with van der Waals surface area (Å²) in [4.78, 5) is 27.2. The minimum atomic E-state index is -0.417. The van der Waals surface area contributed by atoms with Gasteiger partial charge in [0, 0.05) is 27.7 Å². The highest BCUT2D eigenvalue weighted by atomic mass is 16.5. The van der Waals surface area contributed by atoms with Crippen molar-refractivity contribution in [3.8, 4) is 5.75 Å². The number of hydrazone groups is 1. The number of aromatic nitrogens is 1. The summed E-state index contributed by atoms with van der Waals surface area (Å²) in [5.74, 6) is -0.203. The lowest BCUT2D eigenvalue weighted by molar-refractivity contribution is -0.120. The monoisotopic (exact) mass is 364 g/mol. The number of carbonyl (C=O) groups excluding carboxylic acids is 2. The van der Waals surface area contributed by atoms with Crippen LogP contribution in [0.2, 0.25) is 0 Å². The number of amides is 2. The van der Waals surface area contributed by atoms with E-state index >= 15 is 0 Å². The number of aryl methyl sites for hydroxylation is 1. The molecule has 0 saturated heterocycles. The first-order valence-electron chi connectivity index (χ1n) is 8.40. The van der Waals surface area contributed by atoms with E-state index in [-0.39, 0.29) is 12.5 Å². The number of ether oxygens (including phenoxy) is 1. The number of H-pyrrole nitrogens is 1. The highest BCUT2D eigenvalue weighted by Crippen LogP contribution is 2.19. The molecule has 3 N–H and O–H groups in total. The molecule has 0 bridgehead atoms. The summed E-state index contributed by atoms with van der Waals surface area (Å²) >= 11 is 0. The van der Waals surface area contributed by atoms with Crippen LogP contribution in [0.3, 0.4) is 0 Å². The molecule has 7 heteroatoms. The van der Waals surface area contributed by atoms with Crippen LogP contribution in [-0.4, -0.2) is 36.7 Å². The van der Waals surface area contributed by atoms with Crippen molar-refractivity contribution in [1.29, 1.82) is 0 Å². The molecule has 1 aromatic heterocycles. The van der Waals surface area contributed by atoms with Crippen molar-refractivity contribution in [2.45, 2.75) is 6.92 Å². The Hall–Kier alpha value is -3.61. The van der Waals surface area contributed by atoms with Crippen molar-refractivity contribution in [3.05, 3.63) is 65.4 Å². The van der Waals surface area contributed by atoms with Crippen molar-refractivity contribution >= 4 is 28.9 Å². The second-order valence-electron chi connectivity index (χ2n) is 5.92. The number of para-hydroxylation sites is 1. The molecular weight excluding hydrogens is 344 g/mol. The number of carbonyl (C=O) groups is 2. The number of hydrogen-bond donors (Lipinski definition) is 3. The van der Waals surface area contributed by atoms with Crippen molar-refractivity contribution in [3.63, 3.8) is 0 Å². The molecule has 2 amide bonds. The van der Waals surface area contributed by atoms with E-state index in [4.69, 9.17) is 4.74 Å². The van der Waals surface area contributed by atoms with Crippen LogP contribution in [0.1, 0.15) is 21.6 Å². The van der Waals surface area contributed by atoms with Gasteiger partial charge in [-0.15, -0.1) is 0 Å². The van der Waals surface area contributed by atoms with Crippen molar-refractivity contribution in [1.82, 2.24) is 15.7 Å². The minimum Gasteiger partial charge on any atom is -0.497 e. The molecule has 0 radical (unpaired) electrons. The van der Waals surface area contributed by atoms with Gasteiger partial charge in [-0.1, -0.05) is 24.3 Å². The maximum atomic E-state index is 12.1. The lowest BCUT2D eigenvalue weighted by Gasteiger charge is -2.06. The highest BCUT2D eigenvalue weighted by molar-refractivity contribution is 6.01. The number of benzene rings is 2. The van der Waals surface area contributed by atoms with E-state index in [9.17, 15) is 9.59 Å². The van der Waals surface area contributed by atoms with E-state index in [0.29, 0.717) is 11.3 Å². The first kappa shape index (κ1) is 18.2. The SMILES string of the molecule is COc1cccc(C(=O)NCC(=O)N/N=C/c2c(C)[nH]c3ccccc23)c1. The quantitative estimate of drug-likeness (QED) is 0.463. The Bertz CT molecular complexity index is 1010. The minimum absolute atomic E-state index is 0.180. The zero-order valence-electron chi connectivity index (χ0n) is 15.1. The zero-order valence-corrected chi connectivity index (χ0v) is 15.1. The van der Waals surface area contributed by atoms with Crippen LogP contribution < -0.4 is 15.5 Å². The lowest BCUT2D eigenvalue weighted by atomic mass is 10.1. The number of nitrogens with zero attached hydrogens (tertiary/aromatic N) is 1. The van der Waals surface area contributed by atoms with Crippen molar-refractivity contribution < 1.29 is 14.3 Å². The van der Waals surface area contributed by atoms with Gasteiger partial charge >= 0.3 is 0 Å². The molecule has 0 aliphatic rings. The fourth-order valence-corrected chi connectivity index (χ4v) is 2.70. The summed E-state index contributed by atoms with van der Waals surface area (Å²) in [5.41, 5.74) is 5.71. The van der Waals surface area contributed by atoms with E-state index in [2.05, 4.69) is 20.8 Å². The van der Waals surface area contributed by atoms with Gasteiger partial charge in [0.05, 0.1) is 19.9 Å². The third-order valence-electron chi connectivity index (χ3n) is 4.07. The molecule has 0 unspecified atom stereocenters. The number of methoxy groups -OCH3 is 1. The smallest absolute Gasteiger partial charge is 0.259 e. The summed E-state index contributed by atoms with van der Waals surface area (Å²) in [6.45, 7) is 1.76. The van der Waals surface area contributed by atoms with E-state index < -0.39 is 5.91 Å². The largest absolute Gasteiger partial charge is 0.497 e. The number of hydrogen-bond acceptors (Lipinski definition) is 4. The van der Waals surface area contributed by atoms with Crippen molar-refractivity contribution in [2.24, 2.45) is 5.10 Å². The molecule has 0 aliphatic heterocycles. The van der Waals surface area contributed by atoms with Gasteiger partial charge in [0.15, 0.2) is 0 Å². The Kier molecular flexibility index (Phi) is 5.51. The molecule has 3 rings (SSSR count). The number of nitrogens with one attached hydrogen (secondary N) is 3. The number of rotatable bonds is 6. The second kappa shape index (κ2) is 8.18. The summed E-state index contributed by atoms with van der Waals surface area (Å²) in [7, 11) is 1.53. The Balaban J connectivity index is 1.55. The molecule has 0 saturated carbocycles. The number of aromatic amines is 1. The summed E-state index contributed by atoms with van der Waals surface area (Å²) < 4.78 is 5.08. The van der Waals surface area contributed by atoms with E-state index in [1.807, 2.05) is 31.2 Å². The average Bonchev–Trinajstić information content (AvgIpc) is 3.01. The first-order valence-corrected chi connectivity index (χ1v) is 8.40. The molecule has 7 nitrogen and oxygen atoms in total. The van der Waals surface area contributed by atoms with Crippen LogP contribution >= 0.6 is 0 Å². The maximum absolute atomic E-state index is 12.1. The van der Waals surface area contributed by atoms with Gasteiger partial charge in [-0.05, 0) is 31.2 Å². The molecule has 3 aromatic rings. The van der Waals surface area contributed by atoms with Crippen LogP contribution in [0.4, 0.5) is 0 Å². The Morgan fingerprint density at radius 1 is 1.19 bits per heavy atom. The van der Waals surface area contributed by atoms with E-state index in [0.717, 1.165) is 22.2 Å². The number of fused-ring (bicyclic) bond motifs is 1. The summed E-state index contributed by atoms with van der Waals surface area (Å²) in [6.07, 6.45) is 1.59. The molecule has 2 aromatic carbocycles. The topological polar surface area (TPSA) is 95.6 Å². The molecule has 0 fully saturated rings. The van der Waals surface area contributed by atoms with Crippen LogP contribution in [0.5, 0.6) is 5.75 Å². The fourth-order valence-electron chi connectivity index (χ4n) is 2.70. The predicted molar refractivity (Wildman–Crippen MR) is 104 cm³/mol. The standard InChI is InChI=1S/C20H20N4O3/c1-13-17(16-8-3-4-9-18(16)23-13)11-22-24-19(25)12-21-20(26)14-6-5-7-15(10-14)27-2/h3-11,23H,12H2,1-2H3,(H,21,26)(H,24,25)/b22-11+. The van der Waals surface area contributed by atoms with Gasteiger partial charge in [-0.3, -0.25) is 9.59 Å². The van der Waals surface area contributed by atoms with Gasteiger partial charge in [-0.25, -0.2) is 5.43 Å². The lowest BCUT2D eigenvalue weighted by Crippen LogP contribution is -2.34. The van der Waals surface area contributed by atoms with Crippen LogP contribution in [-0.2, 0) is 4.79 Å². The highest BCUT2D eigenvalue weighted by Gasteiger charge is 2.09. The van der Waals surface area contributed by atoms with Crippen LogP contribution in [0, 0.1) is 6.92 Å². The second-order valence-corrected chi connectivity index (χ2v) is 5.92. The Labute approximate surface area is 156 Å². The Morgan fingerprint density at radius 3 is 2.81 bits per heavy atom. The van der Waals surface area contributed by atoms with Gasteiger partial charge in [-0.2, -0.15) is 5.10 Å². The van der Waals surface area contributed by atoms with Crippen molar-refractivity contribution in [2.75, 3.05) is 13.7 Å². The van der Waals surface area contributed by atoms with Gasteiger partial charge in [0.1, 0.15) is 5.75 Å². The average molecular weight is 364 g/mol. The summed E-state index contributed by atoms with van der Waals surface area (Å²) in [5, 5.41) is 7.56.